The van der Waals surface area contributed by atoms with Crippen molar-refractivity contribution in [1.82, 2.24) is 0 Å². The summed E-state index contributed by atoms with van der Waals surface area (Å²) >= 11 is 0. The highest BCUT2D eigenvalue weighted by Crippen LogP contribution is 2.34. The molecule has 0 aliphatic carbocycles. The first-order valence-electron chi connectivity index (χ1n) is 10.4. The van der Waals surface area contributed by atoms with Crippen LogP contribution in [0, 0.1) is 13.8 Å². The summed E-state index contributed by atoms with van der Waals surface area (Å²) in [5, 5.41) is 0. The Balaban J connectivity index is 0.000000389. The van der Waals surface area contributed by atoms with E-state index in [0.717, 1.165) is 0 Å². The van der Waals surface area contributed by atoms with Crippen molar-refractivity contribution in [3.05, 3.63) is 90.0 Å². The molecule has 3 aromatic rings. The predicted octanol–water partition coefficient (Wildman–Crippen LogP) is 6.23. The zero-order valence-electron chi connectivity index (χ0n) is 20.0. The molecule has 0 fully saturated rings. The van der Waals surface area contributed by atoms with Crippen LogP contribution in [0.15, 0.2) is 78.9 Å². The fourth-order valence-corrected chi connectivity index (χ4v) is 2.58. The van der Waals surface area contributed by atoms with Crippen LogP contribution in [-0.2, 0) is 19.0 Å². The number of aryl methyl sites for hydroxylation is 2. The molecular weight excluding hydrogens is 402 g/mol. The zero-order chi connectivity index (χ0) is 23.8. The average molecular weight is 438 g/mol. The maximum atomic E-state index is 9.59. The van der Waals surface area contributed by atoms with E-state index in [-0.39, 0.29) is 5.97 Å². The molecule has 0 saturated heterocycles. The van der Waals surface area contributed by atoms with E-state index in [1.54, 1.807) is 14.2 Å². The third-order valence-corrected chi connectivity index (χ3v) is 4.38. The maximum absolute atomic E-state index is 9.59. The first kappa shape index (κ1) is 26.9. The first-order chi connectivity index (χ1) is 15.4. The van der Waals surface area contributed by atoms with Crippen LogP contribution >= 0.6 is 0 Å². The van der Waals surface area contributed by atoms with Crippen molar-refractivity contribution in [2.24, 2.45) is 0 Å². The van der Waals surface area contributed by atoms with E-state index >= 15 is 0 Å². The van der Waals surface area contributed by atoms with Gasteiger partial charge >= 0.3 is 5.97 Å². The fraction of sp³-hybridized carbons (Fsp3) is 0.296. The van der Waals surface area contributed by atoms with Crippen LogP contribution in [0.2, 0.25) is 0 Å². The normalized spacial score (nSPS) is 9.56. The van der Waals surface area contributed by atoms with Gasteiger partial charge in [0.1, 0.15) is 0 Å². The number of carbonyl (C=O) groups excluding carboxylic acids is 1. The highest BCUT2D eigenvalue weighted by molar-refractivity contribution is 5.76. The average Bonchev–Trinajstić information content (AvgIpc) is 2.82. The van der Waals surface area contributed by atoms with E-state index < -0.39 is 0 Å². The van der Waals surface area contributed by atoms with E-state index in [1.165, 1.54) is 42.2 Å². The summed E-state index contributed by atoms with van der Waals surface area (Å²) in [6.45, 7) is 6.97. The molecule has 5 heteroatoms. The Hall–Kier alpha value is -3.15. The van der Waals surface area contributed by atoms with Gasteiger partial charge in [0.25, 0.3) is 0 Å². The molecule has 0 atom stereocenters. The fourth-order valence-electron chi connectivity index (χ4n) is 2.58. The molecule has 0 unspecified atom stereocenters. The molecule has 0 heterocycles. The number of para-hydroxylation sites is 1. The molecule has 0 amide bonds. The summed E-state index contributed by atoms with van der Waals surface area (Å²) in [6, 6.07) is 27.8. The number of benzene rings is 3. The highest BCUT2D eigenvalue weighted by atomic mass is 16.5. The Morgan fingerprint density at radius 2 is 1.00 bits per heavy atom. The molecule has 0 bridgehead atoms. The second-order valence-electron chi connectivity index (χ2n) is 7.02. The van der Waals surface area contributed by atoms with E-state index in [2.05, 4.69) is 106 Å². The second kappa shape index (κ2) is 15.6. The van der Waals surface area contributed by atoms with Crippen LogP contribution in [0.1, 0.15) is 18.1 Å². The molecule has 0 aromatic heterocycles. The smallest absolute Gasteiger partial charge is 0.302 e. The van der Waals surface area contributed by atoms with Gasteiger partial charge in [0, 0.05) is 38.2 Å². The topological polar surface area (TPSA) is 48.0 Å². The number of nitrogens with zero attached hydrogens (tertiary/aromatic N) is 1. The summed E-state index contributed by atoms with van der Waals surface area (Å²) in [6.07, 6.45) is 0. The predicted molar refractivity (Wildman–Crippen MR) is 132 cm³/mol. The third-order valence-electron chi connectivity index (χ3n) is 4.38. The Morgan fingerprint density at radius 1 is 0.656 bits per heavy atom. The van der Waals surface area contributed by atoms with Crippen LogP contribution in [0.3, 0.4) is 0 Å². The largest absolute Gasteiger partial charge is 0.469 e. The van der Waals surface area contributed by atoms with Crippen LogP contribution < -0.4 is 4.90 Å². The second-order valence-corrected chi connectivity index (χ2v) is 7.02. The molecule has 32 heavy (non-hydrogen) atoms. The number of esters is 1. The van der Waals surface area contributed by atoms with Crippen LogP contribution in [0.4, 0.5) is 17.1 Å². The van der Waals surface area contributed by atoms with Gasteiger partial charge in [-0.2, -0.15) is 0 Å². The highest BCUT2D eigenvalue weighted by Gasteiger charge is 2.11. The van der Waals surface area contributed by atoms with Crippen molar-refractivity contribution in [3.63, 3.8) is 0 Å². The molecule has 3 aromatic carbocycles. The molecule has 0 N–H and O–H groups in total. The van der Waals surface area contributed by atoms with Gasteiger partial charge < -0.3 is 19.1 Å². The lowest BCUT2D eigenvalue weighted by Gasteiger charge is -2.25. The maximum Gasteiger partial charge on any atom is 0.302 e. The molecule has 0 aliphatic rings. The number of hydrogen-bond donors (Lipinski definition) is 0. The number of rotatable bonds is 6. The number of hydrogen-bond acceptors (Lipinski definition) is 5. The van der Waals surface area contributed by atoms with E-state index in [0.29, 0.717) is 13.2 Å². The lowest BCUT2D eigenvalue weighted by molar-refractivity contribution is -0.137. The number of methoxy groups -OCH3 is 3. The standard InChI is InChI=1S/C20H19N.C4H10O2.C3H6O2/c1-16-8-12-19(13-9-16)21(18-6-4-3-5-7-18)20-14-10-17(2)11-15-20;1-5-3-4-6-2;1-3(4)5-2/h3-15H,1-2H3;3-4H2,1-2H3;1-2H3. The lowest BCUT2D eigenvalue weighted by atomic mass is 10.1. The summed E-state index contributed by atoms with van der Waals surface area (Å²) in [4.78, 5) is 11.9. The molecule has 0 radical (unpaired) electrons. The Kier molecular flexibility index (Phi) is 13.1. The van der Waals surface area contributed by atoms with Gasteiger partial charge in [0.15, 0.2) is 0 Å². The molecule has 5 nitrogen and oxygen atoms in total. The third kappa shape index (κ3) is 10.2. The molecule has 172 valence electrons. The van der Waals surface area contributed by atoms with E-state index in [4.69, 9.17) is 0 Å². The van der Waals surface area contributed by atoms with Crippen molar-refractivity contribution in [2.45, 2.75) is 20.8 Å². The Labute approximate surface area is 192 Å². The summed E-state index contributed by atoms with van der Waals surface area (Å²) in [7, 11) is 4.65. The van der Waals surface area contributed by atoms with Gasteiger partial charge in [-0.05, 0) is 50.2 Å². The summed E-state index contributed by atoms with van der Waals surface area (Å²) in [5.41, 5.74) is 6.07. The van der Waals surface area contributed by atoms with E-state index in [9.17, 15) is 4.79 Å². The van der Waals surface area contributed by atoms with Gasteiger partial charge in [-0.1, -0.05) is 53.6 Å². The van der Waals surface area contributed by atoms with Crippen LogP contribution in [0.5, 0.6) is 0 Å². The minimum atomic E-state index is -0.245. The molecule has 3 rings (SSSR count). The van der Waals surface area contributed by atoms with Gasteiger partial charge in [-0.3, -0.25) is 4.79 Å². The van der Waals surface area contributed by atoms with Gasteiger partial charge in [0.2, 0.25) is 0 Å². The van der Waals surface area contributed by atoms with Gasteiger partial charge in [-0.15, -0.1) is 0 Å². The molecule has 0 spiro atoms. The molecule has 0 aliphatic heterocycles. The monoisotopic (exact) mass is 437 g/mol. The number of ether oxygens (including phenoxy) is 3. The van der Waals surface area contributed by atoms with Crippen molar-refractivity contribution in [3.8, 4) is 0 Å². The minimum absolute atomic E-state index is 0.245. The van der Waals surface area contributed by atoms with Crippen molar-refractivity contribution in [1.29, 1.82) is 0 Å². The van der Waals surface area contributed by atoms with Crippen molar-refractivity contribution < 1.29 is 19.0 Å². The van der Waals surface area contributed by atoms with E-state index in [1.807, 2.05) is 6.07 Å². The Bertz CT molecular complexity index is 828. The van der Waals surface area contributed by atoms with Crippen molar-refractivity contribution >= 4 is 23.0 Å². The van der Waals surface area contributed by atoms with Crippen LogP contribution in [0.25, 0.3) is 0 Å². The van der Waals surface area contributed by atoms with Crippen LogP contribution in [-0.4, -0.2) is 40.5 Å². The van der Waals surface area contributed by atoms with Gasteiger partial charge in [-0.25, -0.2) is 0 Å². The number of carbonyl (C=O) groups is 1. The summed E-state index contributed by atoms with van der Waals surface area (Å²) in [5.74, 6) is -0.245. The SMILES string of the molecule is COC(C)=O.COCCOC.Cc1ccc(N(c2ccccc2)c2ccc(C)cc2)cc1. The van der Waals surface area contributed by atoms with Gasteiger partial charge in [0.05, 0.1) is 20.3 Å². The Morgan fingerprint density at radius 3 is 1.31 bits per heavy atom. The van der Waals surface area contributed by atoms with Crippen molar-refractivity contribution in [2.75, 3.05) is 39.4 Å². The lowest BCUT2D eigenvalue weighted by Crippen LogP contribution is -2.09. The number of anilines is 3. The quantitative estimate of drug-likeness (QED) is 0.338. The minimum Gasteiger partial charge on any atom is -0.469 e. The molecule has 0 saturated carbocycles. The first-order valence-corrected chi connectivity index (χ1v) is 10.4. The summed E-state index contributed by atoms with van der Waals surface area (Å²) < 4.78 is 13.4. The zero-order valence-corrected chi connectivity index (χ0v) is 20.0. The molecular formula is C27H35NO4.